The zero-order valence-corrected chi connectivity index (χ0v) is 12.3. The summed E-state index contributed by atoms with van der Waals surface area (Å²) in [7, 11) is -1.51. The van der Waals surface area contributed by atoms with Gasteiger partial charge in [0.25, 0.3) is 0 Å². The number of hydrogen-bond acceptors (Lipinski definition) is 6. The highest BCUT2D eigenvalue weighted by atomic mass is 32.2. The molecule has 8 heteroatoms. The molecule has 7 nitrogen and oxygen atoms in total. The van der Waals surface area contributed by atoms with Crippen molar-refractivity contribution in [3.8, 4) is 0 Å². The molecule has 1 atom stereocenters. The first-order valence-electron chi connectivity index (χ1n) is 5.99. The molecule has 0 fully saturated rings. The number of nitrogens with two attached hydrogens (primary N) is 1. The van der Waals surface area contributed by atoms with Crippen LogP contribution in [0.25, 0.3) is 0 Å². The molecule has 3 N–H and O–H groups in total. The van der Waals surface area contributed by atoms with Gasteiger partial charge in [0, 0.05) is 13.3 Å². The standard InChI is InChI=1S/C12H17N5O2S/c1-8(12-16-14-7-17(12)2)15-9-5-4-6-10(11(9)13)20(3,18)19/h4-8,15H,13H2,1-3H3. The average molecular weight is 295 g/mol. The molecule has 0 saturated heterocycles. The Hall–Kier alpha value is -2.09. The molecule has 0 aliphatic carbocycles. The third-order valence-electron chi connectivity index (χ3n) is 2.97. The molecule has 0 radical (unpaired) electrons. The Balaban J connectivity index is 2.34. The summed E-state index contributed by atoms with van der Waals surface area (Å²) in [5.41, 5.74) is 6.70. The van der Waals surface area contributed by atoms with Gasteiger partial charge in [-0.1, -0.05) is 6.07 Å². The first-order chi connectivity index (χ1) is 9.30. The van der Waals surface area contributed by atoms with E-state index in [1.807, 2.05) is 14.0 Å². The van der Waals surface area contributed by atoms with Crippen LogP contribution >= 0.6 is 0 Å². The lowest BCUT2D eigenvalue weighted by molar-refractivity contribution is 0.602. The molecule has 0 bridgehead atoms. The predicted molar refractivity (Wildman–Crippen MR) is 77.0 cm³/mol. The number of anilines is 2. The van der Waals surface area contributed by atoms with Crippen molar-refractivity contribution in [3.05, 3.63) is 30.4 Å². The van der Waals surface area contributed by atoms with Gasteiger partial charge in [-0.2, -0.15) is 0 Å². The van der Waals surface area contributed by atoms with E-state index in [-0.39, 0.29) is 16.6 Å². The summed E-state index contributed by atoms with van der Waals surface area (Å²) in [6.07, 6.45) is 2.73. The van der Waals surface area contributed by atoms with E-state index in [1.54, 1.807) is 23.0 Å². The van der Waals surface area contributed by atoms with Crippen LogP contribution in [0.15, 0.2) is 29.4 Å². The van der Waals surface area contributed by atoms with Crippen LogP contribution in [0.2, 0.25) is 0 Å². The van der Waals surface area contributed by atoms with E-state index in [4.69, 9.17) is 5.73 Å². The quantitative estimate of drug-likeness (QED) is 0.815. The molecule has 20 heavy (non-hydrogen) atoms. The summed E-state index contributed by atoms with van der Waals surface area (Å²) < 4.78 is 25.1. The van der Waals surface area contributed by atoms with Crippen molar-refractivity contribution in [2.75, 3.05) is 17.3 Å². The molecular formula is C12H17N5O2S. The molecule has 1 unspecified atom stereocenters. The van der Waals surface area contributed by atoms with Crippen LogP contribution in [0.5, 0.6) is 0 Å². The number of para-hydroxylation sites is 1. The molecule has 1 aromatic carbocycles. The van der Waals surface area contributed by atoms with E-state index in [1.165, 1.54) is 6.07 Å². The van der Waals surface area contributed by atoms with Gasteiger partial charge in [-0.15, -0.1) is 10.2 Å². The lowest BCUT2D eigenvalue weighted by atomic mass is 10.2. The molecule has 1 heterocycles. The molecule has 0 aliphatic rings. The maximum atomic E-state index is 11.6. The molecule has 0 aliphatic heterocycles. The maximum Gasteiger partial charge on any atom is 0.177 e. The van der Waals surface area contributed by atoms with Gasteiger partial charge in [0.15, 0.2) is 15.7 Å². The van der Waals surface area contributed by atoms with Crippen LogP contribution in [0, 0.1) is 0 Å². The van der Waals surface area contributed by atoms with Gasteiger partial charge in [-0.3, -0.25) is 0 Å². The number of nitrogens with one attached hydrogen (secondary N) is 1. The Labute approximate surface area is 117 Å². The first kappa shape index (κ1) is 14.3. The second-order valence-corrected chi connectivity index (χ2v) is 6.64. The molecule has 108 valence electrons. The van der Waals surface area contributed by atoms with Gasteiger partial charge >= 0.3 is 0 Å². The lowest BCUT2D eigenvalue weighted by Gasteiger charge is -2.17. The van der Waals surface area contributed by atoms with Crippen LogP contribution in [0.1, 0.15) is 18.8 Å². The molecular weight excluding hydrogens is 278 g/mol. The van der Waals surface area contributed by atoms with Crippen molar-refractivity contribution in [1.82, 2.24) is 14.8 Å². The second-order valence-electron chi connectivity index (χ2n) is 4.66. The van der Waals surface area contributed by atoms with Gasteiger partial charge in [-0.05, 0) is 19.1 Å². The topological polar surface area (TPSA) is 103 Å². The Bertz CT molecular complexity index is 723. The number of benzene rings is 1. The van der Waals surface area contributed by atoms with Crippen molar-refractivity contribution >= 4 is 21.2 Å². The fourth-order valence-electron chi connectivity index (χ4n) is 1.98. The second kappa shape index (κ2) is 5.12. The minimum atomic E-state index is -3.35. The van der Waals surface area contributed by atoms with E-state index in [9.17, 15) is 8.42 Å². The Kier molecular flexibility index (Phi) is 3.67. The van der Waals surface area contributed by atoms with Crippen molar-refractivity contribution in [1.29, 1.82) is 0 Å². The van der Waals surface area contributed by atoms with Crippen LogP contribution in [0.3, 0.4) is 0 Å². The number of aromatic nitrogens is 3. The first-order valence-corrected chi connectivity index (χ1v) is 7.89. The van der Waals surface area contributed by atoms with Crippen molar-refractivity contribution in [2.45, 2.75) is 17.9 Å². The van der Waals surface area contributed by atoms with Crippen LogP contribution in [-0.4, -0.2) is 29.4 Å². The Morgan fingerprint density at radius 2 is 2.10 bits per heavy atom. The van der Waals surface area contributed by atoms with E-state index < -0.39 is 9.84 Å². The van der Waals surface area contributed by atoms with E-state index in [0.29, 0.717) is 5.69 Å². The monoisotopic (exact) mass is 295 g/mol. The Morgan fingerprint density at radius 3 is 2.65 bits per heavy atom. The third kappa shape index (κ3) is 2.74. The molecule has 0 spiro atoms. The van der Waals surface area contributed by atoms with Crippen LogP contribution in [-0.2, 0) is 16.9 Å². The van der Waals surface area contributed by atoms with Crippen molar-refractivity contribution < 1.29 is 8.42 Å². The van der Waals surface area contributed by atoms with Gasteiger partial charge < -0.3 is 15.6 Å². The fraction of sp³-hybridized carbons (Fsp3) is 0.333. The SMILES string of the molecule is CC(Nc1cccc(S(C)(=O)=O)c1N)c1nncn1C. The van der Waals surface area contributed by atoms with E-state index >= 15 is 0 Å². The summed E-state index contributed by atoms with van der Waals surface area (Å²) >= 11 is 0. The molecule has 2 aromatic rings. The molecule has 0 saturated carbocycles. The fourth-order valence-corrected chi connectivity index (χ4v) is 2.81. The smallest absolute Gasteiger partial charge is 0.177 e. The molecule has 1 aromatic heterocycles. The van der Waals surface area contributed by atoms with Gasteiger partial charge in [0.1, 0.15) is 6.33 Å². The highest BCUT2D eigenvalue weighted by Crippen LogP contribution is 2.29. The third-order valence-corrected chi connectivity index (χ3v) is 4.13. The van der Waals surface area contributed by atoms with Crippen LogP contribution in [0.4, 0.5) is 11.4 Å². The zero-order valence-electron chi connectivity index (χ0n) is 11.5. The summed E-state index contributed by atoms with van der Waals surface area (Å²) in [6, 6.07) is 4.72. The van der Waals surface area contributed by atoms with Gasteiger partial charge in [0.05, 0.1) is 22.3 Å². The van der Waals surface area contributed by atoms with E-state index in [2.05, 4.69) is 15.5 Å². The number of nitrogens with zero attached hydrogens (tertiary/aromatic N) is 3. The van der Waals surface area contributed by atoms with Gasteiger partial charge in [0.2, 0.25) is 0 Å². The lowest BCUT2D eigenvalue weighted by Crippen LogP contribution is -2.14. The molecule has 0 amide bonds. The number of sulfone groups is 1. The highest BCUT2D eigenvalue weighted by molar-refractivity contribution is 7.90. The summed E-state index contributed by atoms with van der Waals surface area (Å²) in [4.78, 5) is 0.118. The number of aryl methyl sites for hydroxylation is 1. The van der Waals surface area contributed by atoms with Crippen LogP contribution < -0.4 is 11.1 Å². The van der Waals surface area contributed by atoms with Crippen molar-refractivity contribution in [2.24, 2.45) is 7.05 Å². The summed E-state index contributed by atoms with van der Waals surface area (Å²) in [6.45, 7) is 1.90. The largest absolute Gasteiger partial charge is 0.396 e. The maximum absolute atomic E-state index is 11.6. The number of hydrogen-bond donors (Lipinski definition) is 2. The normalized spacial score (nSPS) is 13.2. The zero-order chi connectivity index (χ0) is 14.9. The summed E-state index contributed by atoms with van der Waals surface area (Å²) in [5.74, 6) is 0.731. The van der Waals surface area contributed by atoms with E-state index in [0.717, 1.165) is 12.1 Å². The number of nitrogen functional groups attached to an aromatic ring is 1. The minimum Gasteiger partial charge on any atom is -0.396 e. The average Bonchev–Trinajstić information content (AvgIpc) is 2.76. The van der Waals surface area contributed by atoms with Gasteiger partial charge in [-0.25, -0.2) is 8.42 Å². The summed E-state index contributed by atoms with van der Waals surface area (Å²) in [5, 5.41) is 11.0. The predicted octanol–water partition coefficient (Wildman–Crippen LogP) is 0.974. The minimum absolute atomic E-state index is 0.118. The van der Waals surface area contributed by atoms with Crippen molar-refractivity contribution in [3.63, 3.8) is 0 Å². The molecule has 2 rings (SSSR count). The highest BCUT2D eigenvalue weighted by Gasteiger charge is 2.17. The number of rotatable bonds is 4. The Morgan fingerprint density at radius 1 is 1.40 bits per heavy atom.